The van der Waals surface area contributed by atoms with E-state index in [-0.39, 0.29) is 29.2 Å². The van der Waals surface area contributed by atoms with E-state index >= 15 is 0 Å². The van der Waals surface area contributed by atoms with Gasteiger partial charge in [-0.1, -0.05) is 26.0 Å². The predicted molar refractivity (Wildman–Crippen MR) is 91.1 cm³/mol. The van der Waals surface area contributed by atoms with Crippen LogP contribution in [0.2, 0.25) is 0 Å². The average molecular weight is 335 g/mol. The van der Waals surface area contributed by atoms with Crippen molar-refractivity contribution in [3.05, 3.63) is 45.7 Å². The molecule has 0 spiro atoms. The van der Waals surface area contributed by atoms with Crippen LogP contribution in [0.25, 0.3) is 6.08 Å². The third kappa shape index (κ3) is 4.26. The molecule has 24 heavy (non-hydrogen) atoms. The second-order valence-corrected chi connectivity index (χ2v) is 6.20. The normalized spacial score (nSPS) is 25.0. The van der Waals surface area contributed by atoms with Gasteiger partial charge in [0.2, 0.25) is 12.8 Å². The van der Waals surface area contributed by atoms with E-state index in [0.29, 0.717) is 12.4 Å². The molecule has 1 heterocycles. The van der Waals surface area contributed by atoms with E-state index in [1.807, 2.05) is 51.1 Å². The van der Waals surface area contributed by atoms with E-state index in [9.17, 15) is 10.1 Å². The maximum absolute atomic E-state index is 11.1. The minimum Gasteiger partial charge on any atom is -0.497 e. The summed E-state index contributed by atoms with van der Waals surface area (Å²) in [6.45, 7) is 6.34. The van der Waals surface area contributed by atoms with Gasteiger partial charge in [-0.2, -0.15) is 0 Å². The fourth-order valence-corrected chi connectivity index (χ4v) is 3.15. The highest BCUT2D eigenvalue weighted by atomic mass is 16.7. The van der Waals surface area contributed by atoms with Crippen LogP contribution in [0.4, 0.5) is 0 Å². The van der Waals surface area contributed by atoms with Crippen molar-refractivity contribution < 1.29 is 19.1 Å². The first kappa shape index (κ1) is 18.3. The second kappa shape index (κ2) is 8.15. The lowest BCUT2D eigenvalue weighted by Gasteiger charge is -2.23. The highest BCUT2D eigenvalue weighted by Crippen LogP contribution is 2.41. The van der Waals surface area contributed by atoms with Crippen LogP contribution in [-0.4, -0.2) is 31.5 Å². The van der Waals surface area contributed by atoms with Crippen molar-refractivity contribution in [1.29, 1.82) is 0 Å². The van der Waals surface area contributed by atoms with Gasteiger partial charge in [-0.05, 0) is 36.6 Å². The number of nitrogens with zero attached hydrogens (tertiary/aromatic N) is 1. The van der Waals surface area contributed by atoms with Gasteiger partial charge in [0, 0.05) is 17.4 Å². The van der Waals surface area contributed by atoms with E-state index in [1.54, 1.807) is 7.11 Å². The zero-order valence-electron chi connectivity index (χ0n) is 14.6. The molecule has 0 saturated carbocycles. The summed E-state index contributed by atoms with van der Waals surface area (Å²) in [5, 5.41) is 11.1. The van der Waals surface area contributed by atoms with Gasteiger partial charge >= 0.3 is 0 Å². The number of methoxy groups -OCH3 is 1. The van der Waals surface area contributed by atoms with Gasteiger partial charge in [0.05, 0.1) is 13.0 Å². The number of nitro groups is 1. The van der Waals surface area contributed by atoms with E-state index in [2.05, 4.69) is 0 Å². The summed E-state index contributed by atoms with van der Waals surface area (Å²) in [7, 11) is 1.61. The zero-order valence-corrected chi connectivity index (χ0v) is 14.6. The zero-order chi connectivity index (χ0) is 17.7. The molecule has 0 aliphatic carbocycles. The Balaban J connectivity index is 2.33. The minimum absolute atomic E-state index is 0.0418. The highest BCUT2D eigenvalue weighted by Gasteiger charge is 2.46. The Bertz CT molecular complexity index is 582. The maximum atomic E-state index is 11.1. The Morgan fingerprint density at radius 2 is 2.00 bits per heavy atom. The predicted octanol–water partition coefficient (Wildman–Crippen LogP) is 3.59. The molecule has 2 rings (SSSR count). The molecule has 0 radical (unpaired) electrons. The van der Waals surface area contributed by atoms with Crippen molar-refractivity contribution in [2.75, 3.05) is 20.3 Å². The SMILES string of the molecule is CCO[C@@H]1O/C(=C\c2ccc(OC)cc2)[C@@H](C[N+](=O)[O-])[C@H]1C(C)C. The molecule has 1 aliphatic rings. The van der Waals surface area contributed by atoms with E-state index < -0.39 is 6.29 Å². The lowest BCUT2D eigenvalue weighted by molar-refractivity contribution is -0.488. The first-order valence-corrected chi connectivity index (χ1v) is 8.22. The van der Waals surface area contributed by atoms with Crippen molar-refractivity contribution in [2.24, 2.45) is 17.8 Å². The van der Waals surface area contributed by atoms with Crippen LogP contribution >= 0.6 is 0 Å². The van der Waals surface area contributed by atoms with Gasteiger partial charge in [0.15, 0.2) is 0 Å². The van der Waals surface area contributed by atoms with Gasteiger partial charge in [-0.25, -0.2) is 0 Å². The lowest BCUT2D eigenvalue weighted by Crippen LogP contribution is -2.31. The van der Waals surface area contributed by atoms with Gasteiger partial charge in [-0.3, -0.25) is 10.1 Å². The van der Waals surface area contributed by atoms with Gasteiger partial charge < -0.3 is 14.2 Å². The summed E-state index contributed by atoms with van der Waals surface area (Å²) >= 11 is 0. The first-order chi connectivity index (χ1) is 11.5. The molecule has 1 aliphatic heterocycles. The van der Waals surface area contributed by atoms with Crippen molar-refractivity contribution in [3.63, 3.8) is 0 Å². The van der Waals surface area contributed by atoms with E-state index in [0.717, 1.165) is 11.3 Å². The quantitative estimate of drug-likeness (QED) is 0.562. The summed E-state index contributed by atoms with van der Waals surface area (Å²) in [4.78, 5) is 10.9. The number of ether oxygens (including phenoxy) is 3. The van der Waals surface area contributed by atoms with Gasteiger partial charge in [0.25, 0.3) is 0 Å². The van der Waals surface area contributed by atoms with Crippen molar-refractivity contribution in [1.82, 2.24) is 0 Å². The van der Waals surface area contributed by atoms with Crippen molar-refractivity contribution in [2.45, 2.75) is 27.1 Å². The van der Waals surface area contributed by atoms with Crippen LogP contribution in [0, 0.1) is 27.9 Å². The molecule has 0 N–H and O–H groups in total. The molecule has 1 aromatic carbocycles. The number of hydrogen-bond acceptors (Lipinski definition) is 5. The summed E-state index contributed by atoms with van der Waals surface area (Å²) in [5.41, 5.74) is 0.916. The van der Waals surface area contributed by atoms with Gasteiger partial charge in [0.1, 0.15) is 11.5 Å². The fourth-order valence-electron chi connectivity index (χ4n) is 3.15. The second-order valence-electron chi connectivity index (χ2n) is 6.20. The molecule has 1 aromatic rings. The average Bonchev–Trinajstić information content (AvgIpc) is 2.85. The molecule has 0 unspecified atom stereocenters. The fraction of sp³-hybridized carbons (Fsp3) is 0.556. The van der Waals surface area contributed by atoms with E-state index in [1.165, 1.54) is 0 Å². The molecule has 6 nitrogen and oxygen atoms in total. The van der Waals surface area contributed by atoms with Crippen LogP contribution in [0.5, 0.6) is 5.75 Å². The van der Waals surface area contributed by atoms with Gasteiger partial charge in [-0.15, -0.1) is 0 Å². The molecule has 3 atom stereocenters. The molecule has 0 aromatic heterocycles. The molecular formula is C18H25NO5. The summed E-state index contributed by atoms with van der Waals surface area (Å²) in [5.74, 6) is 1.26. The third-order valence-electron chi connectivity index (χ3n) is 4.27. The third-order valence-corrected chi connectivity index (χ3v) is 4.27. The molecule has 0 bridgehead atoms. The summed E-state index contributed by atoms with van der Waals surface area (Å²) < 4.78 is 16.8. The molecule has 1 saturated heterocycles. The highest BCUT2D eigenvalue weighted by molar-refractivity contribution is 5.53. The maximum Gasteiger partial charge on any atom is 0.214 e. The Labute approximate surface area is 142 Å². The summed E-state index contributed by atoms with van der Waals surface area (Å²) in [6.07, 6.45) is 1.42. The molecule has 6 heteroatoms. The summed E-state index contributed by atoms with van der Waals surface area (Å²) in [6, 6.07) is 7.50. The number of hydrogen-bond donors (Lipinski definition) is 0. The Morgan fingerprint density at radius 1 is 1.33 bits per heavy atom. The Morgan fingerprint density at radius 3 is 2.50 bits per heavy atom. The molecule has 132 valence electrons. The van der Waals surface area contributed by atoms with Crippen LogP contribution in [0.15, 0.2) is 30.0 Å². The molecular weight excluding hydrogens is 310 g/mol. The Hall–Kier alpha value is -2.08. The van der Waals surface area contributed by atoms with E-state index in [4.69, 9.17) is 14.2 Å². The monoisotopic (exact) mass is 335 g/mol. The van der Waals surface area contributed by atoms with Crippen LogP contribution in [0.3, 0.4) is 0 Å². The molecule has 1 fully saturated rings. The largest absolute Gasteiger partial charge is 0.497 e. The molecule has 0 amide bonds. The smallest absolute Gasteiger partial charge is 0.214 e. The minimum atomic E-state index is -0.440. The van der Waals surface area contributed by atoms with Crippen molar-refractivity contribution in [3.8, 4) is 5.75 Å². The van der Waals surface area contributed by atoms with Crippen molar-refractivity contribution >= 4 is 6.08 Å². The van der Waals surface area contributed by atoms with Crippen LogP contribution in [-0.2, 0) is 9.47 Å². The standard InChI is InChI=1S/C18H25NO5/c1-5-23-18-17(12(2)3)15(11-19(20)21)16(24-18)10-13-6-8-14(22-4)9-7-13/h6-10,12,15,17-18H,5,11H2,1-4H3/b16-10-/t15-,17-,18-/m1/s1. The Kier molecular flexibility index (Phi) is 6.20. The first-order valence-electron chi connectivity index (χ1n) is 8.22. The van der Waals surface area contributed by atoms with Crippen LogP contribution in [0.1, 0.15) is 26.3 Å². The topological polar surface area (TPSA) is 70.8 Å². The number of benzene rings is 1. The number of rotatable bonds is 7. The van der Waals surface area contributed by atoms with Crippen LogP contribution < -0.4 is 4.74 Å². The lowest BCUT2D eigenvalue weighted by atomic mass is 9.83.